The molecule has 8 nitrogen and oxygen atoms in total. The van der Waals surface area contributed by atoms with Crippen molar-refractivity contribution in [3.8, 4) is 11.3 Å². The summed E-state index contributed by atoms with van der Waals surface area (Å²) < 4.78 is 3.59. The molecule has 0 spiro atoms. The molecular formula is C18H17N7O. The summed E-state index contributed by atoms with van der Waals surface area (Å²) >= 11 is 0. The number of nitrogens with zero attached hydrogens (tertiary/aromatic N) is 6. The SMILES string of the molecule is Cc1ncc(-c2cnc3cnc(NC(=O)c4cnn(C)c4)cc3c2)n1C. The minimum absolute atomic E-state index is 0.253. The molecule has 0 saturated heterocycles. The summed E-state index contributed by atoms with van der Waals surface area (Å²) in [7, 11) is 3.73. The highest BCUT2D eigenvalue weighted by Crippen LogP contribution is 2.24. The Hall–Kier alpha value is -3.55. The van der Waals surface area contributed by atoms with Crippen molar-refractivity contribution in [1.29, 1.82) is 0 Å². The number of nitrogens with one attached hydrogen (secondary N) is 1. The van der Waals surface area contributed by atoms with Gasteiger partial charge in [-0.25, -0.2) is 9.97 Å². The number of carbonyl (C=O) groups is 1. The number of hydrogen-bond acceptors (Lipinski definition) is 5. The van der Waals surface area contributed by atoms with Crippen LogP contribution in [0.1, 0.15) is 16.2 Å². The molecule has 4 aromatic heterocycles. The van der Waals surface area contributed by atoms with Crippen molar-refractivity contribution < 1.29 is 4.79 Å². The Labute approximate surface area is 149 Å². The van der Waals surface area contributed by atoms with Crippen molar-refractivity contribution in [2.75, 3.05) is 5.32 Å². The normalized spacial score (nSPS) is 11.0. The third-order valence-electron chi connectivity index (χ3n) is 4.29. The molecule has 0 bridgehead atoms. The van der Waals surface area contributed by atoms with E-state index in [-0.39, 0.29) is 5.91 Å². The van der Waals surface area contributed by atoms with E-state index in [1.807, 2.05) is 36.9 Å². The molecule has 0 fully saturated rings. The van der Waals surface area contributed by atoms with Gasteiger partial charge in [0, 0.05) is 37.4 Å². The zero-order valence-electron chi connectivity index (χ0n) is 14.6. The van der Waals surface area contributed by atoms with Crippen LogP contribution in [-0.2, 0) is 14.1 Å². The van der Waals surface area contributed by atoms with Gasteiger partial charge in [0.15, 0.2) is 0 Å². The maximum absolute atomic E-state index is 12.3. The molecule has 1 N–H and O–H groups in total. The molecule has 0 atom stereocenters. The van der Waals surface area contributed by atoms with E-state index in [0.29, 0.717) is 11.4 Å². The lowest BCUT2D eigenvalue weighted by molar-refractivity contribution is 0.102. The van der Waals surface area contributed by atoms with Crippen LogP contribution in [0.2, 0.25) is 0 Å². The number of carbonyl (C=O) groups excluding carboxylic acids is 1. The average Bonchev–Trinajstić information content (AvgIpc) is 3.21. The zero-order valence-corrected chi connectivity index (χ0v) is 14.6. The van der Waals surface area contributed by atoms with Crippen LogP contribution in [0, 0.1) is 6.92 Å². The fraction of sp³-hybridized carbons (Fsp3) is 0.167. The fourth-order valence-electron chi connectivity index (χ4n) is 2.74. The van der Waals surface area contributed by atoms with Crippen LogP contribution in [0.25, 0.3) is 22.2 Å². The molecule has 1 amide bonds. The van der Waals surface area contributed by atoms with Gasteiger partial charge in [-0.15, -0.1) is 0 Å². The van der Waals surface area contributed by atoms with Crippen LogP contribution >= 0.6 is 0 Å². The Kier molecular flexibility index (Phi) is 3.72. The molecule has 0 aliphatic carbocycles. The predicted molar refractivity (Wildman–Crippen MR) is 97.6 cm³/mol. The van der Waals surface area contributed by atoms with Gasteiger partial charge in [0.2, 0.25) is 0 Å². The van der Waals surface area contributed by atoms with Gasteiger partial charge in [0.1, 0.15) is 11.6 Å². The van der Waals surface area contributed by atoms with Gasteiger partial charge in [-0.2, -0.15) is 5.10 Å². The summed E-state index contributed by atoms with van der Waals surface area (Å²) in [6.07, 6.45) is 8.44. The third-order valence-corrected chi connectivity index (χ3v) is 4.29. The first kappa shape index (κ1) is 15.9. The second-order valence-electron chi connectivity index (χ2n) is 6.09. The first-order valence-corrected chi connectivity index (χ1v) is 8.06. The Morgan fingerprint density at radius 3 is 2.58 bits per heavy atom. The lowest BCUT2D eigenvalue weighted by atomic mass is 10.1. The summed E-state index contributed by atoms with van der Waals surface area (Å²) in [6.45, 7) is 1.95. The summed E-state index contributed by atoms with van der Waals surface area (Å²) in [6, 6.07) is 3.82. The number of rotatable bonds is 3. The number of amides is 1. The average molecular weight is 347 g/mol. The minimum Gasteiger partial charge on any atom is -0.331 e. The molecule has 0 aromatic carbocycles. The lowest BCUT2D eigenvalue weighted by Gasteiger charge is -2.07. The Morgan fingerprint density at radius 2 is 1.88 bits per heavy atom. The van der Waals surface area contributed by atoms with Crippen LogP contribution < -0.4 is 5.32 Å². The van der Waals surface area contributed by atoms with Gasteiger partial charge < -0.3 is 9.88 Å². The van der Waals surface area contributed by atoms with E-state index in [4.69, 9.17) is 0 Å². The highest BCUT2D eigenvalue weighted by Gasteiger charge is 2.11. The van der Waals surface area contributed by atoms with E-state index < -0.39 is 0 Å². The van der Waals surface area contributed by atoms with Crippen molar-refractivity contribution in [1.82, 2.24) is 29.3 Å². The second kappa shape index (κ2) is 6.07. The van der Waals surface area contributed by atoms with Gasteiger partial charge >= 0.3 is 0 Å². The molecule has 26 heavy (non-hydrogen) atoms. The number of imidazole rings is 1. The molecule has 8 heteroatoms. The Balaban J connectivity index is 1.67. The first-order valence-electron chi connectivity index (χ1n) is 8.06. The quantitative estimate of drug-likeness (QED) is 0.614. The molecule has 4 rings (SSSR count). The van der Waals surface area contributed by atoms with E-state index in [9.17, 15) is 4.79 Å². The molecule has 0 aliphatic heterocycles. The number of anilines is 1. The van der Waals surface area contributed by atoms with Gasteiger partial charge in [-0.05, 0) is 19.1 Å². The van der Waals surface area contributed by atoms with E-state index >= 15 is 0 Å². The van der Waals surface area contributed by atoms with Crippen LogP contribution in [0.15, 0.2) is 43.1 Å². The van der Waals surface area contributed by atoms with E-state index in [0.717, 1.165) is 28.0 Å². The van der Waals surface area contributed by atoms with Crippen molar-refractivity contribution in [3.05, 3.63) is 54.5 Å². The zero-order chi connectivity index (χ0) is 18.3. The molecule has 0 unspecified atom stereocenters. The smallest absolute Gasteiger partial charge is 0.260 e. The number of pyridine rings is 2. The fourth-order valence-corrected chi connectivity index (χ4v) is 2.74. The molecule has 0 aliphatic rings. The Bertz CT molecular complexity index is 1130. The highest BCUT2D eigenvalue weighted by atomic mass is 16.1. The largest absolute Gasteiger partial charge is 0.331 e. The number of hydrogen-bond donors (Lipinski definition) is 1. The maximum Gasteiger partial charge on any atom is 0.260 e. The molecule has 0 radical (unpaired) electrons. The van der Waals surface area contributed by atoms with Gasteiger partial charge in [0.25, 0.3) is 5.91 Å². The summed E-state index contributed by atoms with van der Waals surface area (Å²) in [5, 5.41) is 7.68. The van der Waals surface area contributed by atoms with Gasteiger partial charge in [-0.1, -0.05) is 0 Å². The van der Waals surface area contributed by atoms with E-state index in [1.165, 1.54) is 6.20 Å². The van der Waals surface area contributed by atoms with Crippen molar-refractivity contribution in [3.63, 3.8) is 0 Å². The first-order chi connectivity index (χ1) is 12.5. The van der Waals surface area contributed by atoms with Crippen LogP contribution in [0.3, 0.4) is 0 Å². The number of aryl methyl sites for hydroxylation is 2. The standard InChI is InChI=1S/C18H17N7O/c1-11-19-9-16(25(11)3)13-4-12-5-17(21-8-15(12)20-6-13)23-18(26)14-7-22-24(2)10-14/h4-10H,1-3H3,(H,21,23,26). The molecule has 0 saturated carbocycles. The highest BCUT2D eigenvalue weighted by molar-refractivity contribution is 6.04. The van der Waals surface area contributed by atoms with Crippen LogP contribution in [0.5, 0.6) is 0 Å². The Morgan fingerprint density at radius 1 is 1.04 bits per heavy atom. The monoisotopic (exact) mass is 347 g/mol. The molecule has 4 heterocycles. The second-order valence-corrected chi connectivity index (χ2v) is 6.09. The number of fused-ring (bicyclic) bond motifs is 1. The van der Waals surface area contributed by atoms with Crippen LogP contribution in [0.4, 0.5) is 5.82 Å². The van der Waals surface area contributed by atoms with Gasteiger partial charge in [-0.3, -0.25) is 14.5 Å². The molecule has 4 aromatic rings. The molecule has 130 valence electrons. The van der Waals surface area contributed by atoms with Crippen molar-refractivity contribution >= 4 is 22.6 Å². The van der Waals surface area contributed by atoms with E-state index in [1.54, 1.807) is 30.3 Å². The van der Waals surface area contributed by atoms with Crippen molar-refractivity contribution in [2.45, 2.75) is 6.92 Å². The third kappa shape index (κ3) is 2.81. The van der Waals surface area contributed by atoms with Crippen LogP contribution in [-0.4, -0.2) is 35.2 Å². The van der Waals surface area contributed by atoms with Gasteiger partial charge in [0.05, 0.1) is 35.4 Å². The van der Waals surface area contributed by atoms with Crippen molar-refractivity contribution in [2.24, 2.45) is 14.1 Å². The van der Waals surface area contributed by atoms with E-state index in [2.05, 4.69) is 25.4 Å². The minimum atomic E-state index is -0.253. The summed E-state index contributed by atoms with van der Waals surface area (Å²) in [5.41, 5.74) is 3.17. The molecular weight excluding hydrogens is 330 g/mol. The number of aromatic nitrogens is 6. The maximum atomic E-state index is 12.3. The summed E-state index contributed by atoms with van der Waals surface area (Å²) in [4.78, 5) is 25.3. The lowest BCUT2D eigenvalue weighted by Crippen LogP contribution is -2.12. The predicted octanol–water partition coefficient (Wildman–Crippen LogP) is 2.32. The summed E-state index contributed by atoms with van der Waals surface area (Å²) in [5.74, 6) is 1.14. The topological polar surface area (TPSA) is 90.5 Å².